The number of fused-ring (bicyclic) bond motifs is 18. The summed E-state index contributed by atoms with van der Waals surface area (Å²) >= 11 is 6.20. The Morgan fingerprint density at radius 3 is 1.10 bits per heavy atom. The minimum atomic E-state index is -0.365. The lowest BCUT2D eigenvalue weighted by Crippen LogP contribution is -2.41. The second-order valence-electron chi connectivity index (χ2n) is 36.1. The standard InChI is InChI=1S/C55H38N4.C38H33BN2O2.C23H17ClN2/c1-55(2)47-19-11-9-17-41(47)42-27-25-38(34-48(42)55)52-44-18-10-12-20-49(44)56-54(57-52)36-23-21-35(22-24-36)37-26-29-51-46(33-37)43-28-30-50-45(31-32-58(50)39-13-5-3-6-14-39)53(43)59(51)40-15-7-4-8-16-40;1-37(2)38(3,4)43-39(42-37)28-18-15-26(16-19-28)27-17-21-35-33(25-27)31-20-22-34-32(23-24-40(34)29-11-7-5-8-12-29)36(31)41(35)30-13-9-6-10-14-30;1-23(2)18-9-5-3-7-15(18)16-12-11-14(13-19(16)23)21-17-8-4-6-10-20(17)25-22(24)26-21/h3-34H,1-2H3;5-25H,1-4H3;3-13H,1-2H3. The van der Waals surface area contributed by atoms with Crippen LogP contribution in [0.1, 0.15) is 77.6 Å². The Bertz CT molecular complexity index is 8180. The lowest BCUT2D eigenvalue weighted by Gasteiger charge is -2.32. The second-order valence-corrected chi connectivity index (χ2v) is 36.4. The number of hydrogen-bond donors (Lipinski definition) is 0. The number of halogens is 1. The lowest BCUT2D eigenvalue weighted by molar-refractivity contribution is 0.00578. The third-order valence-corrected chi connectivity index (χ3v) is 27.6. The zero-order valence-electron chi connectivity index (χ0n) is 72.3. The Kier molecular flexibility index (Phi) is 18.4. The first kappa shape index (κ1) is 77.9. The van der Waals surface area contributed by atoms with E-state index in [4.69, 9.17) is 30.9 Å². The highest BCUT2D eigenvalue weighted by molar-refractivity contribution is 6.62. The number of aromatic nitrogens is 8. The maximum Gasteiger partial charge on any atom is 0.494 e. The molecule has 6 aromatic heterocycles. The molecule has 16 aromatic carbocycles. The SMILES string of the molecule is CC1(C)OB(c2ccc(-c3ccc4c(c3)c3ccc5c(ccn5-c5ccccc5)c3n4-c3ccccc3)cc2)OC1(C)C.CC1(C)c2ccccc2-c2ccc(-c3nc(-c4ccc(-c5ccc6c(c5)c5ccc7c(ccn7-c7ccccc7)c5n6-c5ccccc5)cc4)nc4ccccc34)cc21.CC1(C)c2ccccc2-c2ccc(-c3nc(Cl)nc4ccccc34)cc21. The number of benzene rings is 16. The highest BCUT2D eigenvalue weighted by atomic mass is 35.5. The van der Waals surface area contributed by atoms with Crippen LogP contribution in [0.5, 0.6) is 0 Å². The van der Waals surface area contributed by atoms with Crippen LogP contribution in [-0.4, -0.2) is 56.5 Å². The minimum absolute atomic E-state index is 0.0332. The quantitative estimate of drug-likeness (QED) is 0.100. The van der Waals surface area contributed by atoms with Gasteiger partial charge in [-0.3, -0.25) is 0 Å². The van der Waals surface area contributed by atoms with E-state index in [0.717, 1.165) is 89.5 Å². The summed E-state index contributed by atoms with van der Waals surface area (Å²) in [7, 11) is -0.365. The molecule has 128 heavy (non-hydrogen) atoms. The molecule has 3 aliphatic rings. The van der Waals surface area contributed by atoms with Crippen LogP contribution in [0.4, 0.5) is 0 Å². The topological polar surface area (TPSA) is 89.7 Å². The zero-order chi connectivity index (χ0) is 86.5. The van der Waals surface area contributed by atoms with Gasteiger partial charge in [0.25, 0.3) is 0 Å². The zero-order valence-corrected chi connectivity index (χ0v) is 73.1. The number of rotatable bonds is 10. The maximum atomic E-state index is 6.28. The molecule has 1 fully saturated rings. The molecule has 0 amide bonds. The van der Waals surface area contributed by atoms with E-state index in [-0.39, 0.29) is 34.4 Å². The fourth-order valence-corrected chi connectivity index (χ4v) is 20.3. The summed E-state index contributed by atoms with van der Waals surface area (Å²) in [6.45, 7) is 17.6. The van der Waals surface area contributed by atoms with Crippen LogP contribution in [0.15, 0.2) is 389 Å². The lowest BCUT2D eigenvalue weighted by atomic mass is 9.78. The number of para-hydroxylation sites is 6. The normalized spacial score (nSPS) is 14.3. The van der Waals surface area contributed by atoms with Gasteiger partial charge in [0.2, 0.25) is 5.28 Å². The third-order valence-electron chi connectivity index (χ3n) is 27.4. The summed E-state index contributed by atoms with van der Waals surface area (Å²) in [5, 5.41) is 9.74. The fourth-order valence-electron chi connectivity index (χ4n) is 20.2. The predicted octanol–water partition coefficient (Wildman–Crippen LogP) is 28.9. The van der Waals surface area contributed by atoms with Crippen molar-refractivity contribution in [2.75, 3.05) is 0 Å². The van der Waals surface area contributed by atoms with Crippen LogP contribution in [0.2, 0.25) is 5.28 Å². The molecule has 22 aromatic rings. The minimum Gasteiger partial charge on any atom is -0.399 e. The number of nitrogens with zero attached hydrogens (tertiary/aromatic N) is 8. The average molecular weight is 1670 g/mol. The van der Waals surface area contributed by atoms with Gasteiger partial charge in [-0.2, -0.15) is 0 Å². The van der Waals surface area contributed by atoms with Crippen LogP contribution >= 0.6 is 11.6 Å². The van der Waals surface area contributed by atoms with Crippen LogP contribution in [0, 0.1) is 0 Å². The van der Waals surface area contributed by atoms with E-state index in [2.05, 4.69) is 448 Å². The molecule has 0 unspecified atom stereocenters. The van der Waals surface area contributed by atoms with E-state index in [1.54, 1.807) is 0 Å². The number of hydrogen-bond acceptors (Lipinski definition) is 6. The van der Waals surface area contributed by atoms with Crippen molar-refractivity contribution in [1.29, 1.82) is 0 Å². The van der Waals surface area contributed by atoms with E-state index >= 15 is 0 Å². The van der Waals surface area contributed by atoms with Crippen LogP contribution < -0.4 is 5.46 Å². The molecule has 0 bridgehead atoms. The molecular weight excluding hydrogens is 1580 g/mol. The molecule has 25 rings (SSSR count). The van der Waals surface area contributed by atoms with Crippen molar-refractivity contribution in [3.8, 4) is 101 Å². The van der Waals surface area contributed by atoms with Gasteiger partial charge in [0, 0.05) is 106 Å². The van der Waals surface area contributed by atoms with Crippen molar-refractivity contribution in [3.63, 3.8) is 0 Å². The van der Waals surface area contributed by atoms with Crippen LogP contribution in [0.3, 0.4) is 0 Å². The van der Waals surface area contributed by atoms with Gasteiger partial charge in [-0.25, -0.2) is 19.9 Å². The summed E-state index contributed by atoms with van der Waals surface area (Å²) < 4.78 is 22.0. The van der Waals surface area contributed by atoms with Gasteiger partial charge in [0.1, 0.15) is 0 Å². The first-order chi connectivity index (χ1) is 62.4. The highest BCUT2D eigenvalue weighted by Gasteiger charge is 2.52. The van der Waals surface area contributed by atoms with E-state index in [9.17, 15) is 0 Å². The van der Waals surface area contributed by atoms with Crippen molar-refractivity contribution >= 4 is 111 Å². The molecule has 10 nitrogen and oxygen atoms in total. The summed E-state index contributed by atoms with van der Waals surface area (Å²) in [6.07, 6.45) is 4.37. The summed E-state index contributed by atoms with van der Waals surface area (Å²) in [6, 6.07) is 134. The van der Waals surface area contributed by atoms with E-state index in [1.807, 2.05) is 24.3 Å². The largest absolute Gasteiger partial charge is 0.494 e. The summed E-state index contributed by atoms with van der Waals surface area (Å²) in [4.78, 5) is 19.3. The molecule has 2 aliphatic carbocycles. The predicted molar refractivity (Wildman–Crippen MR) is 531 cm³/mol. The van der Waals surface area contributed by atoms with Gasteiger partial charge < -0.3 is 27.6 Å². The molecular formula is C116H88BClN8O2. The molecule has 0 saturated carbocycles. The van der Waals surface area contributed by atoms with Crippen molar-refractivity contribution in [2.24, 2.45) is 0 Å². The smallest absolute Gasteiger partial charge is 0.399 e. The molecule has 7 heterocycles. The van der Waals surface area contributed by atoms with Crippen molar-refractivity contribution in [3.05, 3.63) is 416 Å². The van der Waals surface area contributed by atoms with Crippen LogP contribution in [-0.2, 0) is 20.1 Å². The van der Waals surface area contributed by atoms with Crippen molar-refractivity contribution < 1.29 is 9.31 Å². The Labute approximate surface area is 748 Å². The van der Waals surface area contributed by atoms with Crippen LogP contribution in [0.25, 0.3) is 188 Å². The first-order valence-electron chi connectivity index (χ1n) is 44.0. The van der Waals surface area contributed by atoms with Gasteiger partial charge in [-0.15, -0.1) is 0 Å². The van der Waals surface area contributed by atoms with Gasteiger partial charge in [0.15, 0.2) is 5.82 Å². The van der Waals surface area contributed by atoms with Gasteiger partial charge in [-0.05, 0) is 233 Å². The van der Waals surface area contributed by atoms with E-state index in [0.29, 0.717) is 0 Å². The van der Waals surface area contributed by atoms with Crippen molar-refractivity contribution in [1.82, 2.24) is 38.2 Å². The summed E-state index contributed by atoms with van der Waals surface area (Å²) in [5.74, 6) is 0.723. The molecule has 1 saturated heterocycles. The molecule has 0 N–H and O–H groups in total. The average Bonchev–Trinajstić information content (AvgIpc) is 1.57. The second kappa shape index (κ2) is 30.2. The Hall–Kier alpha value is -14.8. The van der Waals surface area contributed by atoms with E-state index < -0.39 is 0 Å². The maximum absolute atomic E-state index is 6.28. The first-order valence-corrected chi connectivity index (χ1v) is 44.4. The molecule has 614 valence electrons. The monoisotopic (exact) mass is 1670 g/mol. The molecule has 0 spiro atoms. The molecule has 0 atom stereocenters. The van der Waals surface area contributed by atoms with E-state index in [1.165, 1.54) is 127 Å². The Morgan fingerprint density at radius 2 is 0.633 bits per heavy atom. The molecule has 1 aliphatic heterocycles. The third kappa shape index (κ3) is 12.8. The van der Waals surface area contributed by atoms with Gasteiger partial charge in [-0.1, -0.05) is 282 Å². The molecule has 0 radical (unpaired) electrons. The fraction of sp³-hybridized carbons (Fsp3) is 0.103. The van der Waals surface area contributed by atoms with Crippen molar-refractivity contribution in [2.45, 2.75) is 77.4 Å². The van der Waals surface area contributed by atoms with Gasteiger partial charge >= 0.3 is 7.12 Å². The Balaban J connectivity index is 0.000000119. The Morgan fingerprint density at radius 1 is 0.266 bits per heavy atom. The van der Waals surface area contributed by atoms with Gasteiger partial charge in [0.05, 0.1) is 66.7 Å². The highest BCUT2D eigenvalue weighted by Crippen LogP contribution is 2.53. The summed E-state index contributed by atoms with van der Waals surface area (Å²) in [5.41, 5.74) is 34.1. The molecule has 12 heteroatoms.